The van der Waals surface area contributed by atoms with E-state index in [2.05, 4.69) is 25.6 Å². The van der Waals surface area contributed by atoms with Gasteiger partial charge >= 0.3 is 5.69 Å². The molecule has 5 rings (SSSR count). The maximum absolute atomic E-state index is 13.5. The van der Waals surface area contributed by atoms with Crippen LogP contribution >= 0.6 is 23.2 Å². The molecule has 41 heavy (non-hydrogen) atoms. The lowest BCUT2D eigenvalue weighted by molar-refractivity contribution is -0.384. The number of imide groups is 1. The Labute approximate surface area is 244 Å². The van der Waals surface area contributed by atoms with E-state index in [0.717, 1.165) is 4.90 Å². The summed E-state index contributed by atoms with van der Waals surface area (Å²) < 4.78 is 5.39. The summed E-state index contributed by atoms with van der Waals surface area (Å²) in [6.45, 7) is 2.83. The molecule has 4 heterocycles. The molecule has 16 heteroatoms. The first kappa shape index (κ1) is 28.7. The number of nitro groups is 1. The molecule has 2 amide bonds. The van der Waals surface area contributed by atoms with E-state index in [-0.39, 0.29) is 46.8 Å². The molecule has 4 N–H and O–H groups in total. The molecule has 2 fully saturated rings. The summed E-state index contributed by atoms with van der Waals surface area (Å²) in [6.07, 6.45) is 5.50. The summed E-state index contributed by atoms with van der Waals surface area (Å²) >= 11 is 12.8. The highest BCUT2D eigenvalue weighted by Crippen LogP contribution is 2.38. The molecule has 2 saturated heterocycles. The Morgan fingerprint density at radius 1 is 1.17 bits per heavy atom. The Kier molecular flexibility index (Phi) is 8.63. The average molecular weight is 604 g/mol. The Bertz CT molecular complexity index is 1430. The predicted molar refractivity (Wildman–Crippen MR) is 154 cm³/mol. The normalized spacial score (nSPS) is 21.5. The average Bonchev–Trinajstić information content (AvgIpc) is 3.24. The van der Waals surface area contributed by atoms with Crippen LogP contribution < -0.4 is 21.3 Å². The maximum atomic E-state index is 13.5. The molecule has 14 nitrogen and oxygen atoms in total. The number of alkyl halides is 1. The molecule has 2 aliphatic heterocycles. The largest absolute Gasteiger partial charge is 0.379 e. The van der Waals surface area contributed by atoms with Crippen LogP contribution in [-0.2, 0) is 14.3 Å². The molecule has 3 aliphatic rings. The molecule has 2 aromatic heterocycles. The second-order valence-electron chi connectivity index (χ2n) is 9.46. The van der Waals surface area contributed by atoms with E-state index in [1.165, 1.54) is 18.3 Å². The van der Waals surface area contributed by atoms with Gasteiger partial charge in [-0.05, 0) is 18.6 Å². The second-order valence-corrected chi connectivity index (χ2v) is 10.4. The summed E-state index contributed by atoms with van der Waals surface area (Å²) in [5, 5.41) is 17.1. The van der Waals surface area contributed by atoms with E-state index in [0.29, 0.717) is 67.9 Å². The summed E-state index contributed by atoms with van der Waals surface area (Å²) in [5.41, 5.74) is 6.49. The van der Waals surface area contributed by atoms with Gasteiger partial charge in [0.05, 0.1) is 47.9 Å². The van der Waals surface area contributed by atoms with E-state index in [4.69, 9.17) is 33.7 Å². The van der Waals surface area contributed by atoms with E-state index in [1.54, 1.807) is 6.08 Å². The standard InChI is InChI=1S/C25H27Cl2N9O5/c26-14-1-2-15(16(27)11-14)22-19(35-21(37)12-18(24(35)38)34-7-9-41-10-8-34)13-31-25(33-22)30-6-5-29-20-4-3-17(36(39)40)23(28)32-20/h2-4,11,13-14,18H,1,5-10,12H2,(H3,28,29,32)(H,30,31,33). The number of hydrogen-bond donors (Lipinski definition) is 3. The van der Waals surface area contributed by atoms with E-state index in [9.17, 15) is 19.7 Å². The zero-order chi connectivity index (χ0) is 29.1. The van der Waals surface area contributed by atoms with Gasteiger partial charge in [0.1, 0.15) is 11.5 Å². The number of halogens is 2. The van der Waals surface area contributed by atoms with Gasteiger partial charge in [0.15, 0.2) is 0 Å². The maximum Gasteiger partial charge on any atom is 0.311 e. The number of carbonyl (C=O) groups is 2. The van der Waals surface area contributed by atoms with Gasteiger partial charge in [0.2, 0.25) is 17.7 Å². The lowest BCUT2D eigenvalue weighted by atomic mass is 10.0. The van der Waals surface area contributed by atoms with Crippen LogP contribution in [0, 0.1) is 10.1 Å². The molecule has 0 bridgehead atoms. The van der Waals surface area contributed by atoms with Gasteiger partial charge in [-0.15, -0.1) is 11.6 Å². The summed E-state index contributed by atoms with van der Waals surface area (Å²) in [4.78, 5) is 53.1. The van der Waals surface area contributed by atoms with Crippen LogP contribution in [0.1, 0.15) is 18.5 Å². The molecule has 0 spiro atoms. The molecule has 0 aromatic carbocycles. The van der Waals surface area contributed by atoms with Crippen molar-refractivity contribution in [3.05, 3.63) is 51.3 Å². The molecule has 2 aromatic rings. The summed E-state index contributed by atoms with van der Waals surface area (Å²) in [5.74, 6) is -0.268. The van der Waals surface area contributed by atoms with Crippen LogP contribution in [0.4, 0.5) is 29.0 Å². The topological polar surface area (TPSA) is 182 Å². The van der Waals surface area contributed by atoms with Crippen LogP contribution in [-0.4, -0.2) is 87.4 Å². The van der Waals surface area contributed by atoms with Gasteiger partial charge in [0, 0.05) is 42.9 Å². The van der Waals surface area contributed by atoms with Crippen LogP contribution in [0.3, 0.4) is 0 Å². The zero-order valence-corrected chi connectivity index (χ0v) is 23.3. The first-order valence-electron chi connectivity index (χ1n) is 12.9. The number of hydrogen-bond acceptors (Lipinski definition) is 12. The van der Waals surface area contributed by atoms with Gasteiger partial charge < -0.3 is 21.1 Å². The number of ether oxygens (including phenoxy) is 1. The van der Waals surface area contributed by atoms with Crippen molar-refractivity contribution in [3.8, 4) is 0 Å². The number of allylic oxidation sites excluding steroid dienone is 4. The molecule has 216 valence electrons. The number of nitrogens with one attached hydrogen (secondary N) is 2. The van der Waals surface area contributed by atoms with Gasteiger partial charge in [-0.2, -0.15) is 0 Å². The van der Waals surface area contributed by atoms with Crippen molar-refractivity contribution in [1.29, 1.82) is 0 Å². The first-order chi connectivity index (χ1) is 19.7. The number of nitrogens with zero attached hydrogens (tertiary/aromatic N) is 6. The molecule has 0 radical (unpaired) electrons. The van der Waals surface area contributed by atoms with Gasteiger partial charge in [-0.25, -0.2) is 19.9 Å². The van der Waals surface area contributed by atoms with Crippen molar-refractivity contribution in [3.63, 3.8) is 0 Å². The molecule has 2 unspecified atom stereocenters. The van der Waals surface area contributed by atoms with Crippen molar-refractivity contribution >= 4 is 69.5 Å². The van der Waals surface area contributed by atoms with Crippen LogP contribution in [0.2, 0.25) is 0 Å². The number of aromatic nitrogens is 3. The SMILES string of the molecule is Nc1nc(NCCNc2ncc(N3C(=O)CC(N4CCOCC4)C3=O)c(C3=CCC(Cl)C=C3Cl)n2)ccc1[N+](=O)[O-]. The first-order valence-corrected chi connectivity index (χ1v) is 13.7. The lowest BCUT2D eigenvalue weighted by Crippen LogP contribution is -2.47. The summed E-state index contributed by atoms with van der Waals surface area (Å²) in [6, 6.07) is 2.15. The van der Waals surface area contributed by atoms with Gasteiger partial charge in [-0.3, -0.25) is 24.6 Å². The van der Waals surface area contributed by atoms with Crippen molar-refractivity contribution in [2.45, 2.75) is 24.3 Å². The highest BCUT2D eigenvalue weighted by atomic mass is 35.5. The molecule has 2 atom stereocenters. The Morgan fingerprint density at radius 3 is 2.63 bits per heavy atom. The van der Waals surface area contributed by atoms with Gasteiger partial charge in [-0.1, -0.05) is 17.7 Å². The third-order valence-electron chi connectivity index (χ3n) is 6.82. The number of morpholine rings is 1. The number of pyridine rings is 1. The minimum absolute atomic E-state index is 0.0531. The van der Waals surface area contributed by atoms with E-state index < -0.39 is 11.0 Å². The van der Waals surface area contributed by atoms with Crippen molar-refractivity contribution in [2.75, 3.05) is 60.7 Å². The van der Waals surface area contributed by atoms with Crippen LogP contribution in [0.25, 0.3) is 5.57 Å². The highest BCUT2D eigenvalue weighted by molar-refractivity contribution is 6.38. The monoisotopic (exact) mass is 603 g/mol. The minimum atomic E-state index is -0.602. The molecular weight excluding hydrogens is 577 g/mol. The predicted octanol–water partition coefficient (Wildman–Crippen LogP) is 2.37. The second kappa shape index (κ2) is 12.3. The fraction of sp³-hybridized carbons (Fsp3) is 0.400. The Morgan fingerprint density at radius 2 is 1.93 bits per heavy atom. The third kappa shape index (κ3) is 6.25. The number of anilines is 4. The quantitative estimate of drug-likeness (QED) is 0.125. The number of rotatable bonds is 9. The Hall–Kier alpha value is -3.85. The van der Waals surface area contributed by atoms with Gasteiger partial charge in [0.25, 0.3) is 5.91 Å². The van der Waals surface area contributed by atoms with Crippen LogP contribution in [0.5, 0.6) is 0 Å². The zero-order valence-electron chi connectivity index (χ0n) is 21.8. The van der Waals surface area contributed by atoms with E-state index >= 15 is 0 Å². The number of nitrogens with two attached hydrogens (primary N) is 1. The molecular formula is C25H27Cl2N9O5. The third-order valence-corrected chi connectivity index (χ3v) is 7.45. The van der Waals surface area contributed by atoms with Crippen molar-refractivity contribution < 1.29 is 19.2 Å². The van der Waals surface area contributed by atoms with E-state index in [1.807, 2.05) is 11.0 Å². The number of amides is 2. The van der Waals surface area contributed by atoms with Crippen molar-refractivity contribution in [2.24, 2.45) is 0 Å². The number of nitrogen functional groups attached to an aromatic ring is 1. The van der Waals surface area contributed by atoms with Crippen molar-refractivity contribution in [1.82, 2.24) is 19.9 Å². The fourth-order valence-electron chi connectivity index (χ4n) is 4.81. The molecule has 1 aliphatic carbocycles. The lowest BCUT2D eigenvalue weighted by Gasteiger charge is -2.30. The Balaban J connectivity index is 1.34. The summed E-state index contributed by atoms with van der Waals surface area (Å²) in [7, 11) is 0. The molecule has 0 saturated carbocycles. The van der Waals surface area contributed by atoms with Crippen LogP contribution in [0.15, 0.2) is 35.5 Å². The number of carbonyl (C=O) groups excluding carboxylic acids is 2. The smallest absolute Gasteiger partial charge is 0.311 e. The minimum Gasteiger partial charge on any atom is -0.379 e. The highest BCUT2D eigenvalue weighted by Gasteiger charge is 2.44. The fourth-order valence-corrected chi connectivity index (χ4v) is 5.40.